The Labute approximate surface area is 175 Å². The summed E-state index contributed by atoms with van der Waals surface area (Å²) in [6.07, 6.45) is 5.86. The lowest BCUT2D eigenvalue weighted by molar-refractivity contribution is -0.386. The van der Waals surface area contributed by atoms with Crippen LogP contribution in [0, 0.1) is 10.1 Å². The van der Waals surface area contributed by atoms with Gasteiger partial charge in [0.05, 0.1) is 12.0 Å². The standard InChI is InChI=1S/C18H19N5O4S2/c1-27-13-8-11(7-12(15(13)24)23(25)26)17-21-14(9-28-17)29-18-20-19-16(22(18)21)10-5-3-2-4-6-10/h7-10,17,24H,2-6H2,1H3. The van der Waals surface area contributed by atoms with Gasteiger partial charge in [0, 0.05) is 17.4 Å². The van der Waals surface area contributed by atoms with E-state index >= 15 is 0 Å². The predicted octanol–water partition coefficient (Wildman–Crippen LogP) is 4.24. The summed E-state index contributed by atoms with van der Waals surface area (Å²) in [6, 6.07) is 3.07. The number of benzene rings is 1. The molecule has 1 aromatic heterocycles. The summed E-state index contributed by atoms with van der Waals surface area (Å²) < 4.78 is 7.26. The zero-order valence-corrected chi connectivity index (χ0v) is 17.3. The quantitative estimate of drug-likeness (QED) is 0.560. The van der Waals surface area contributed by atoms with Crippen molar-refractivity contribution in [2.45, 2.75) is 48.6 Å². The number of rotatable bonds is 4. The fraction of sp³-hybridized carbons (Fsp3) is 0.444. The van der Waals surface area contributed by atoms with E-state index in [1.54, 1.807) is 29.6 Å². The predicted molar refractivity (Wildman–Crippen MR) is 110 cm³/mol. The minimum atomic E-state index is -0.592. The molecule has 1 atom stereocenters. The smallest absolute Gasteiger partial charge is 0.315 e. The number of phenolic OH excluding ortho intramolecular Hbond substituents is 1. The number of fused-ring (bicyclic) bond motifs is 3. The average Bonchev–Trinajstić information content (AvgIpc) is 3.40. The van der Waals surface area contributed by atoms with Crippen LogP contribution in [0.1, 0.15) is 54.8 Å². The maximum atomic E-state index is 11.4. The third kappa shape index (κ3) is 2.94. The highest BCUT2D eigenvalue weighted by atomic mass is 32.2. The van der Waals surface area contributed by atoms with Gasteiger partial charge in [-0.3, -0.25) is 15.1 Å². The van der Waals surface area contributed by atoms with Crippen molar-refractivity contribution in [3.8, 4) is 11.5 Å². The van der Waals surface area contributed by atoms with Crippen molar-refractivity contribution in [2.75, 3.05) is 12.1 Å². The highest BCUT2D eigenvalue weighted by Gasteiger charge is 2.42. The number of thioether (sulfide) groups is 2. The van der Waals surface area contributed by atoms with Crippen LogP contribution in [0.3, 0.4) is 0 Å². The molecular formula is C18H19N5O4S2. The number of aromatic hydroxyl groups is 1. The van der Waals surface area contributed by atoms with Crippen LogP contribution in [0.4, 0.5) is 5.69 Å². The van der Waals surface area contributed by atoms with Gasteiger partial charge in [0.2, 0.25) is 10.9 Å². The molecule has 0 radical (unpaired) electrons. The van der Waals surface area contributed by atoms with Crippen LogP contribution in [0.5, 0.6) is 11.5 Å². The first kappa shape index (κ1) is 18.6. The van der Waals surface area contributed by atoms with Gasteiger partial charge in [0.25, 0.3) is 0 Å². The van der Waals surface area contributed by atoms with Gasteiger partial charge in [0.15, 0.2) is 11.6 Å². The molecule has 0 bridgehead atoms. The van der Waals surface area contributed by atoms with Gasteiger partial charge in [-0.1, -0.05) is 31.0 Å². The zero-order chi connectivity index (χ0) is 20.1. The molecule has 1 aromatic carbocycles. The number of hydrogen-bond donors (Lipinski definition) is 1. The van der Waals surface area contributed by atoms with Crippen LogP contribution < -0.4 is 9.75 Å². The minimum Gasteiger partial charge on any atom is -0.500 e. The van der Waals surface area contributed by atoms with Crippen molar-refractivity contribution >= 4 is 29.2 Å². The summed E-state index contributed by atoms with van der Waals surface area (Å²) in [4.78, 5) is 10.8. The first-order chi connectivity index (χ1) is 14.1. The van der Waals surface area contributed by atoms with Gasteiger partial charge >= 0.3 is 5.69 Å². The number of nitrogens with zero attached hydrogens (tertiary/aromatic N) is 5. The molecule has 1 fully saturated rings. The van der Waals surface area contributed by atoms with Gasteiger partial charge in [-0.25, -0.2) is 4.68 Å². The van der Waals surface area contributed by atoms with Crippen LogP contribution in [-0.2, 0) is 0 Å². The van der Waals surface area contributed by atoms with E-state index in [0.29, 0.717) is 11.5 Å². The molecular weight excluding hydrogens is 414 g/mol. The second kappa shape index (κ2) is 7.13. The lowest BCUT2D eigenvalue weighted by atomic mass is 9.89. The van der Waals surface area contributed by atoms with Crippen LogP contribution >= 0.6 is 23.5 Å². The second-order valence-corrected chi connectivity index (χ2v) is 9.17. The van der Waals surface area contributed by atoms with Gasteiger partial charge in [-0.05, 0) is 36.2 Å². The van der Waals surface area contributed by atoms with Crippen molar-refractivity contribution in [1.82, 2.24) is 14.9 Å². The molecule has 11 heteroatoms. The third-order valence-corrected chi connectivity index (χ3v) is 7.73. The topological polar surface area (TPSA) is 107 Å². The Balaban J connectivity index is 1.56. The Bertz CT molecular complexity index is 1020. The molecule has 2 aliphatic heterocycles. The molecule has 3 aliphatic rings. The molecule has 152 valence electrons. The number of nitro benzene ring substituents is 1. The van der Waals surface area contributed by atoms with E-state index in [0.717, 1.165) is 28.9 Å². The molecule has 2 aromatic rings. The summed E-state index contributed by atoms with van der Waals surface area (Å²) in [7, 11) is 1.39. The van der Waals surface area contributed by atoms with E-state index in [1.807, 2.05) is 5.41 Å². The zero-order valence-electron chi connectivity index (χ0n) is 15.6. The summed E-state index contributed by atoms with van der Waals surface area (Å²) >= 11 is 3.12. The first-order valence-corrected chi connectivity index (χ1v) is 11.2. The largest absolute Gasteiger partial charge is 0.500 e. The summed E-state index contributed by atoms with van der Waals surface area (Å²) in [5.74, 6) is 0.968. The monoisotopic (exact) mass is 433 g/mol. The number of nitro groups is 1. The Kier molecular flexibility index (Phi) is 4.58. The van der Waals surface area contributed by atoms with Crippen molar-refractivity contribution in [2.24, 2.45) is 0 Å². The van der Waals surface area contributed by atoms with Crippen LogP contribution in [0.2, 0.25) is 0 Å². The molecule has 3 heterocycles. The Hall–Kier alpha value is -2.40. The Morgan fingerprint density at radius 3 is 2.79 bits per heavy atom. The molecule has 1 saturated carbocycles. The van der Waals surface area contributed by atoms with E-state index in [-0.39, 0.29) is 16.8 Å². The molecule has 29 heavy (non-hydrogen) atoms. The van der Waals surface area contributed by atoms with E-state index in [4.69, 9.17) is 4.74 Å². The Morgan fingerprint density at radius 1 is 1.28 bits per heavy atom. The number of ether oxygens (including phenoxy) is 1. The van der Waals surface area contributed by atoms with Crippen LogP contribution in [-0.4, -0.2) is 32.0 Å². The highest BCUT2D eigenvalue weighted by molar-refractivity contribution is 8.07. The number of methoxy groups -OCH3 is 1. The van der Waals surface area contributed by atoms with Crippen molar-refractivity contribution in [1.29, 1.82) is 0 Å². The maximum absolute atomic E-state index is 11.4. The van der Waals surface area contributed by atoms with Gasteiger partial charge in [0.1, 0.15) is 10.4 Å². The number of aromatic nitrogens is 3. The number of hydrogen-bond acceptors (Lipinski definition) is 9. The molecule has 1 N–H and O–H groups in total. The molecule has 5 rings (SSSR count). The third-order valence-electron chi connectivity index (χ3n) is 5.54. The lowest BCUT2D eigenvalue weighted by Crippen LogP contribution is -2.32. The maximum Gasteiger partial charge on any atom is 0.315 e. The summed E-state index contributed by atoms with van der Waals surface area (Å²) in [5, 5.41) is 36.2. The van der Waals surface area contributed by atoms with Crippen molar-refractivity contribution < 1.29 is 14.8 Å². The van der Waals surface area contributed by atoms with Gasteiger partial charge in [-0.2, -0.15) is 0 Å². The highest BCUT2D eigenvalue weighted by Crippen LogP contribution is 2.53. The van der Waals surface area contributed by atoms with E-state index in [1.165, 1.54) is 32.4 Å². The van der Waals surface area contributed by atoms with E-state index in [2.05, 4.69) is 19.9 Å². The summed E-state index contributed by atoms with van der Waals surface area (Å²) in [5.41, 5.74) is 0.316. The fourth-order valence-corrected chi connectivity index (χ4v) is 6.36. The normalized spacial score (nSPS) is 21.1. The number of phenols is 1. The van der Waals surface area contributed by atoms with Gasteiger partial charge < -0.3 is 9.84 Å². The Morgan fingerprint density at radius 2 is 2.07 bits per heavy atom. The lowest BCUT2D eigenvalue weighted by Gasteiger charge is -2.29. The molecule has 9 nitrogen and oxygen atoms in total. The molecule has 1 aliphatic carbocycles. The SMILES string of the molecule is COc1cc(C2SC=C3Sc4nnc(C5CCCCC5)n4N32)cc([N+](=O)[O-])c1O. The molecule has 0 spiro atoms. The van der Waals surface area contributed by atoms with E-state index in [9.17, 15) is 15.2 Å². The van der Waals surface area contributed by atoms with Gasteiger partial charge in [-0.15, -0.1) is 10.2 Å². The van der Waals surface area contributed by atoms with E-state index < -0.39 is 10.7 Å². The van der Waals surface area contributed by atoms with Crippen LogP contribution in [0.15, 0.2) is 27.7 Å². The van der Waals surface area contributed by atoms with Crippen molar-refractivity contribution in [3.05, 3.63) is 44.1 Å². The first-order valence-electron chi connectivity index (χ1n) is 9.42. The fourth-order valence-electron chi connectivity index (χ4n) is 4.15. The molecule has 1 unspecified atom stereocenters. The average molecular weight is 434 g/mol. The second-order valence-electron chi connectivity index (χ2n) is 7.23. The molecule has 0 saturated heterocycles. The molecule has 0 amide bonds. The minimum absolute atomic E-state index is 0.0894. The van der Waals surface area contributed by atoms with Crippen molar-refractivity contribution in [3.63, 3.8) is 0 Å². The summed E-state index contributed by atoms with van der Waals surface area (Å²) in [6.45, 7) is 0. The van der Waals surface area contributed by atoms with Crippen LogP contribution in [0.25, 0.3) is 0 Å².